The summed E-state index contributed by atoms with van der Waals surface area (Å²) in [6.07, 6.45) is 0.436. The first-order valence-electron chi connectivity index (χ1n) is 5.13. The molecule has 1 amide bonds. The van der Waals surface area contributed by atoms with Gasteiger partial charge in [0.2, 0.25) is 5.91 Å². The maximum Gasteiger partial charge on any atom is 0.237 e. The van der Waals surface area contributed by atoms with E-state index < -0.39 is 10.8 Å². The van der Waals surface area contributed by atoms with Crippen LogP contribution < -0.4 is 5.32 Å². The van der Waals surface area contributed by atoms with Crippen molar-refractivity contribution in [1.29, 1.82) is 0 Å². The summed E-state index contributed by atoms with van der Waals surface area (Å²) in [6, 6.07) is 6.86. The molecular weight excluding hydrogens is 262 g/mol. The van der Waals surface area contributed by atoms with Gasteiger partial charge in [-0.2, -0.15) is 0 Å². The van der Waals surface area contributed by atoms with E-state index in [1.807, 2.05) is 0 Å². The first-order chi connectivity index (χ1) is 8.13. The van der Waals surface area contributed by atoms with Gasteiger partial charge in [-0.15, -0.1) is 0 Å². The number of halogens is 1. The van der Waals surface area contributed by atoms with E-state index in [4.69, 9.17) is 16.7 Å². The molecule has 0 radical (unpaired) electrons. The molecule has 4 nitrogen and oxygen atoms in total. The molecule has 1 aromatic carbocycles. The van der Waals surface area contributed by atoms with E-state index in [-0.39, 0.29) is 18.3 Å². The van der Waals surface area contributed by atoms with Crippen molar-refractivity contribution in [3.05, 3.63) is 29.3 Å². The zero-order valence-corrected chi connectivity index (χ0v) is 10.8. The van der Waals surface area contributed by atoms with Crippen LogP contribution in [0.2, 0.25) is 5.02 Å². The quantitative estimate of drug-likeness (QED) is 0.825. The summed E-state index contributed by atoms with van der Waals surface area (Å²) in [5.74, 6) is -0.0909. The zero-order valence-electron chi connectivity index (χ0n) is 9.19. The van der Waals surface area contributed by atoms with Gasteiger partial charge in [0.05, 0.1) is 10.7 Å². The molecule has 0 spiro atoms. The summed E-state index contributed by atoms with van der Waals surface area (Å²) in [5, 5.41) is 11.6. The zero-order chi connectivity index (χ0) is 12.7. The Labute approximate surface area is 107 Å². The number of rotatable bonds is 6. The molecule has 0 bridgehead atoms. The lowest BCUT2D eigenvalue weighted by atomic mass is 10.3. The first kappa shape index (κ1) is 14.2. The fourth-order valence-electron chi connectivity index (χ4n) is 1.19. The minimum atomic E-state index is -1.25. The number of aliphatic hydroxyl groups is 1. The average molecular weight is 276 g/mol. The average Bonchev–Trinajstić information content (AvgIpc) is 2.29. The van der Waals surface area contributed by atoms with Crippen molar-refractivity contribution in [2.75, 3.05) is 23.4 Å². The van der Waals surface area contributed by atoms with Crippen LogP contribution in [-0.4, -0.2) is 33.3 Å². The minimum Gasteiger partial charge on any atom is -0.396 e. The fraction of sp³-hybridized carbons (Fsp3) is 0.364. The predicted octanol–water partition coefficient (Wildman–Crippen LogP) is 1.41. The highest BCUT2D eigenvalue weighted by molar-refractivity contribution is 7.85. The van der Waals surface area contributed by atoms with E-state index in [1.165, 1.54) is 0 Å². The standard InChI is InChI=1S/C11H14ClNO3S/c12-9-4-1-2-5-10(9)13-11(15)8-17(16)7-3-6-14/h1-2,4-5,14H,3,6-8H2,(H,13,15). The molecule has 0 saturated carbocycles. The van der Waals surface area contributed by atoms with Gasteiger partial charge in [-0.05, 0) is 18.6 Å². The Hall–Kier alpha value is -0.910. The summed E-state index contributed by atoms with van der Waals surface area (Å²) >= 11 is 5.86. The molecule has 1 atom stereocenters. The maximum atomic E-state index is 11.5. The molecule has 1 rings (SSSR count). The van der Waals surface area contributed by atoms with Crippen LogP contribution in [0.25, 0.3) is 0 Å². The molecule has 0 heterocycles. The van der Waals surface area contributed by atoms with Gasteiger partial charge >= 0.3 is 0 Å². The van der Waals surface area contributed by atoms with E-state index in [2.05, 4.69) is 5.32 Å². The molecule has 94 valence electrons. The van der Waals surface area contributed by atoms with Crippen molar-refractivity contribution < 1.29 is 14.1 Å². The van der Waals surface area contributed by atoms with Crippen LogP contribution in [0.5, 0.6) is 0 Å². The van der Waals surface area contributed by atoms with Crippen molar-refractivity contribution in [2.45, 2.75) is 6.42 Å². The molecule has 0 aliphatic rings. The third-order valence-electron chi connectivity index (χ3n) is 1.97. The number of carbonyl (C=O) groups excluding carboxylic acids is 1. The molecule has 0 fully saturated rings. The fourth-order valence-corrected chi connectivity index (χ4v) is 2.34. The second-order valence-electron chi connectivity index (χ2n) is 3.39. The normalized spacial score (nSPS) is 12.1. The number of hydrogen-bond acceptors (Lipinski definition) is 3. The minimum absolute atomic E-state index is 0.0160. The number of anilines is 1. The van der Waals surface area contributed by atoms with Gasteiger partial charge < -0.3 is 10.4 Å². The van der Waals surface area contributed by atoms with Crippen LogP contribution in [0.4, 0.5) is 5.69 Å². The van der Waals surface area contributed by atoms with Crippen LogP contribution >= 0.6 is 11.6 Å². The highest BCUT2D eigenvalue weighted by Gasteiger charge is 2.09. The maximum absolute atomic E-state index is 11.5. The number of amides is 1. The number of nitrogens with one attached hydrogen (secondary N) is 1. The van der Waals surface area contributed by atoms with Crippen molar-refractivity contribution >= 4 is 34.0 Å². The van der Waals surface area contributed by atoms with Crippen molar-refractivity contribution in [2.24, 2.45) is 0 Å². The lowest BCUT2D eigenvalue weighted by Crippen LogP contribution is -2.21. The van der Waals surface area contributed by atoms with Gasteiger partial charge in [0, 0.05) is 23.2 Å². The molecule has 0 aliphatic heterocycles. The lowest BCUT2D eigenvalue weighted by Gasteiger charge is -2.06. The second-order valence-corrected chi connectivity index (χ2v) is 5.38. The van der Waals surface area contributed by atoms with E-state index in [0.717, 1.165) is 0 Å². The summed E-state index contributed by atoms with van der Waals surface area (Å²) in [6.45, 7) is -0.0160. The summed E-state index contributed by atoms with van der Waals surface area (Å²) in [7, 11) is -1.25. The Morgan fingerprint density at radius 1 is 1.41 bits per heavy atom. The Bertz CT molecular complexity index is 411. The van der Waals surface area contributed by atoms with Crippen molar-refractivity contribution in [3.63, 3.8) is 0 Å². The largest absolute Gasteiger partial charge is 0.396 e. The number of benzene rings is 1. The Balaban J connectivity index is 2.45. The summed E-state index contributed by atoms with van der Waals surface area (Å²) < 4.78 is 11.4. The predicted molar refractivity (Wildman–Crippen MR) is 69.7 cm³/mol. The monoisotopic (exact) mass is 275 g/mol. The summed E-state index contributed by atoms with van der Waals surface area (Å²) in [5.41, 5.74) is 0.512. The van der Waals surface area contributed by atoms with Crippen LogP contribution in [0.3, 0.4) is 0 Å². The number of carbonyl (C=O) groups is 1. The van der Waals surface area contributed by atoms with E-state index >= 15 is 0 Å². The second kappa shape index (κ2) is 7.42. The van der Waals surface area contributed by atoms with E-state index in [1.54, 1.807) is 24.3 Å². The Morgan fingerprint density at radius 3 is 2.76 bits per heavy atom. The van der Waals surface area contributed by atoms with Crippen LogP contribution in [0, 0.1) is 0 Å². The SMILES string of the molecule is O=C(CS(=O)CCCO)Nc1ccccc1Cl. The highest BCUT2D eigenvalue weighted by Crippen LogP contribution is 2.20. The molecular formula is C11H14ClNO3S. The molecule has 0 aliphatic carbocycles. The number of para-hydroxylation sites is 1. The molecule has 0 saturated heterocycles. The van der Waals surface area contributed by atoms with Crippen molar-refractivity contribution in [1.82, 2.24) is 0 Å². The van der Waals surface area contributed by atoms with E-state index in [0.29, 0.717) is 22.9 Å². The van der Waals surface area contributed by atoms with Crippen molar-refractivity contribution in [3.8, 4) is 0 Å². The van der Waals surface area contributed by atoms with E-state index in [9.17, 15) is 9.00 Å². The Morgan fingerprint density at radius 2 is 2.12 bits per heavy atom. The molecule has 0 aromatic heterocycles. The van der Waals surface area contributed by atoms with Crippen LogP contribution in [-0.2, 0) is 15.6 Å². The lowest BCUT2D eigenvalue weighted by molar-refractivity contribution is -0.113. The topological polar surface area (TPSA) is 66.4 Å². The molecule has 6 heteroatoms. The first-order valence-corrected chi connectivity index (χ1v) is 7.00. The van der Waals surface area contributed by atoms with Gasteiger partial charge in [0.1, 0.15) is 5.75 Å². The van der Waals surface area contributed by atoms with Crippen LogP contribution in [0.15, 0.2) is 24.3 Å². The molecule has 17 heavy (non-hydrogen) atoms. The third-order valence-corrected chi connectivity index (χ3v) is 3.63. The van der Waals surface area contributed by atoms with Gasteiger partial charge in [-0.1, -0.05) is 23.7 Å². The number of aliphatic hydroxyl groups excluding tert-OH is 1. The van der Waals surface area contributed by atoms with Crippen LogP contribution in [0.1, 0.15) is 6.42 Å². The molecule has 1 aromatic rings. The van der Waals surface area contributed by atoms with Gasteiger partial charge in [-0.25, -0.2) is 0 Å². The molecule has 2 N–H and O–H groups in total. The number of hydrogen-bond donors (Lipinski definition) is 2. The van der Waals surface area contributed by atoms with Gasteiger partial charge in [0.25, 0.3) is 0 Å². The Kier molecular flexibility index (Phi) is 6.18. The van der Waals surface area contributed by atoms with Gasteiger partial charge in [-0.3, -0.25) is 9.00 Å². The molecule has 1 unspecified atom stereocenters. The summed E-state index contributed by atoms with van der Waals surface area (Å²) in [4.78, 5) is 11.5. The smallest absolute Gasteiger partial charge is 0.237 e. The third kappa shape index (κ3) is 5.30. The highest BCUT2D eigenvalue weighted by atomic mass is 35.5. The van der Waals surface area contributed by atoms with Gasteiger partial charge in [0.15, 0.2) is 0 Å².